The maximum absolute atomic E-state index is 13.2. The summed E-state index contributed by atoms with van der Waals surface area (Å²) < 4.78 is 8.74. The third kappa shape index (κ3) is 5.29. The molecule has 0 atom stereocenters. The number of hydrogen-bond donors (Lipinski definition) is 0. The van der Waals surface area contributed by atoms with E-state index in [1.54, 1.807) is 17.4 Å². The monoisotopic (exact) mass is 468 g/mol. The van der Waals surface area contributed by atoms with Gasteiger partial charge in [0.1, 0.15) is 11.3 Å². The van der Waals surface area contributed by atoms with E-state index in [4.69, 9.17) is 16.3 Å². The predicted molar refractivity (Wildman–Crippen MR) is 130 cm³/mol. The van der Waals surface area contributed by atoms with Crippen molar-refractivity contribution in [2.45, 2.75) is 32.7 Å². The summed E-state index contributed by atoms with van der Waals surface area (Å²) in [6.45, 7) is 5.50. The predicted octanol–water partition coefficient (Wildman–Crippen LogP) is 5.77. The van der Waals surface area contributed by atoms with E-state index in [9.17, 15) is 4.79 Å². The second kappa shape index (κ2) is 10.1. The fraction of sp³-hybridized carbons (Fsp3) is 0.292. The minimum atomic E-state index is -0.140. The molecule has 166 valence electrons. The minimum Gasteiger partial charge on any atom is -0.484 e. The van der Waals surface area contributed by atoms with Crippen LogP contribution in [0.15, 0.2) is 61.2 Å². The molecular weight excluding hydrogens is 444 g/mol. The number of rotatable bonds is 9. The summed E-state index contributed by atoms with van der Waals surface area (Å²) in [5, 5.41) is 1.21. The van der Waals surface area contributed by atoms with Gasteiger partial charge in [0.05, 0.1) is 16.0 Å². The number of anilines is 1. The summed E-state index contributed by atoms with van der Waals surface area (Å²) in [6, 6.07) is 13.5. The van der Waals surface area contributed by atoms with Gasteiger partial charge >= 0.3 is 0 Å². The number of thiazole rings is 1. The molecule has 1 amide bonds. The first-order valence-corrected chi connectivity index (χ1v) is 11.7. The van der Waals surface area contributed by atoms with Crippen molar-refractivity contribution in [2.75, 3.05) is 18.1 Å². The van der Waals surface area contributed by atoms with Gasteiger partial charge in [-0.25, -0.2) is 9.97 Å². The van der Waals surface area contributed by atoms with E-state index in [0.717, 1.165) is 17.7 Å². The maximum Gasteiger partial charge on any atom is 0.266 e. The van der Waals surface area contributed by atoms with Crippen molar-refractivity contribution in [3.63, 3.8) is 0 Å². The van der Waals surface area contributed by atoms with Crippen LogP contribution >= 0.6 is 22.9 Å². The molecule has 2 aromatic heterocycles. The van der Waals surface area contributed by atoms with Crippen molar-refractivity contribution in [3.8, 4) is 5.75 Å². The number of benzene rings is 2. The van der Waals surface area contributed by atoms with Gasteiger partial charge in [0.25, 0.3) is 5.91 Å². The zero-order valence-electron chi connectivity index (χ0n) is 18.1. The topological polar surface area (TPSA) is 60.2 Å². The summed E-state index contributed by atoms with van der Waals surface area (Å²) in [6.07, 6.45) is 6.19. The van der Waals surface area contributed by atoms with E-state index in [2.05, 4.69) is 23.8 Å². The Kier molecular flexibility index (Phi) is 7.07. The molecule has 32 heavy (non-hydrogen) atoms. The van der Waals surface area contributed by atoms with E-state index in [1.807, 2.05) is 53.2 Å². The molecule has 0 aliphatic rings. The number of aromatic nitrogens is 3. The molecule has 4 aromatic rings. The van der Waals surface area contributed by atoms with Crippen molar-refractivity contribution in [1.82, 2.24) is 14.5 Å². The second-order valence-corrected chi connectivity index (χ2v) is 9.21. The van der Waals surface area contributed by atoms with Crippen LogP contribution in [0.4, 0.5) is 5.13 Å². The number of para-hydroxylation sites is 1. The lowest BCUT2D eigenvalue weighted by Crippen LogP contribution is -2.36. The van der Waals surface area contributed by atoms with Crippen LogP contribution in [0.3, 0.4) is 0 Å². The molecular formula is C24H25ClN4O2S. The Bertz CT molecular complexity index is 1170. The summed E-state index contributed by atoms with van der Waals surface area (Å²) in [5.41, 5.74) is 1.95. The van der Waals surface area contributed by atoms with Crippen molar-refractivity contribution < 1.29 is 9.53 Å². The lowest BCUT2D eigenvalue weighted by Gasteiger charge is -2.20. The zero-order valence-corrected chi connectivity index (χ0v) is 19.6. The fourth-order valence-electron chi connectivity index (χ4n) is 3.35. The number of halogens is 1. The highest BCUT2D eigenvalue weighted by molar-refractivity contribution is 7.22. The van der Waals surface area contributed by atoms with Crippen molar-refractivity contribution in [2.24, 2.45) is 0 Å². The number of imidazole rings is 1. The second-order valence-electron chi connectivity index (χ2n) is 7.79. The minimum absolute atomic E-state index is 0.0598. The Morgan fingerprint density at radius 2 is 2.03 bits per heavy atom. The van der Waals surface area contributed by atoms with Crippen LogP contribution in [-0.2, 0) is 11.3 Å². The first kappa shape index (κ1) is 22.3. The van der Waals surface area contributed by atoms with E-state index in [1.165, 1.54) is 16.9 Å². The number of nitrogens with zero attached hydrogens (tertiary/aromatic N) is 4. The molecule has 0 aliphatic carbocycles. The van der Waals surface area contributed by atoms with Gasteiger partial charge in [0.15, 0.2) is 11.7 Å². The number of amides is 1. The Hall–Kier alpha value is -2.90. The molecule has 2 heterocycles. The Morgan fingerprint density at radius 3 is 2.72 bits per heavy atom. The van der Waals surface area contributed by atoms with Crippen molar-refractivity contribution in [3.05, 3.63) is 71.8 Å². The average Bonchev–Trinajstić information content (AvgIpc) is 3.46. The third-order valence-electron chi connectivity index (χ3n) is 5.16. The highest BCUT2D eigenvalue weighted by Crippen LogP contribution is 2.33. The quantitative estimate of drug-likeness (QED) is 0.313. The first-order chi connectivity index (χ1) is 15.5. The first-order valence-electron chi connectivity index (χ1n) is 10.5. The molecule has 0 spiro atoms. The van der Waals surface area contributed by atoms with Gasteiger partial charge in [-0.1, -0.05) is 55.0 Å². The molecule has 0 unspecified atom stereocenters. The number of hydrogen-bond acceptors (Lipinski definition) is 5. The standard InChI is InChI=1S/C24H25ClN4O2S/c1-17(2)18-7-9-19(10-8-18)31-15-22(30)29(13-4-12-28-14-11-26-16-28)24-27-23-20(25)5-3-6-21(23)32-24/h3,5-11,14,16-17H,4,12-13,15H2,1-2H3. The highest BCUT2D eigenvalue weighted by Gasteiger charge is 2.21. The van der Waals surface area contributed by atoms with Crippen LogP contribution in [0.1, 0.15) is 31.7 Å². The summed E-state index contributed by atoms with van der Waals surface area (Å²) in [5.74, 6) is 0.981. The Morgan fingerprint density at radius 1 is 1.22 bits per heavy atom. The van der Waals surface area contributed by atoms with Gasteiger partial charge in [-0.3, -0.25) is 9.69 Å². The van der Waals surface area contributed by atoms with E-state index >= 15 is 0 Å². The van der Waals surface area contributed by atoms with E-state index in [-0.39, 0.29) is 12.5 Å². The van der Waals surface area contributed by atoms with Gasteiger partial charge in [-0.05, 0) is 42.2 Å². The van der Waals surface area contributed by atoms with Gasteiger partial charge < -0.3 is 9.30 Å². The van der Waals surface area contributed by atoms with Gasteiger partial charge in [-0.2, -0.15) is 0 Å². The van der Waals surface area contributed by atoms with Crippen molar-refractivity contribution in [1.29, 1.82) is 0 Å². The fourth-order valence-corrected chi connectivity index (χ4v) is 4.66. The van der Waals surface area contributed by atoms with Crippen molar-refractivity contribution >= 4 is 44.2 Å². The molecule has 8 heteroatoms. The van der Waals surface area contributed by atoms with Crippen LogP contribution in [0.25, 0.3) is 10.2 Å². The number of ether oxygens (including phenoxy) is 1. The number of fused-ring (bicyclic) bond motifs is 1. The normalized spacial score (nSPS) is 11.2. The molecule has 0 bridgehead atoms. The Labute approximate surface area is 196 Å². The van der Waals surface area contributed by atoms with Gasteiger partial charge in [0.2, 0.25) is 0 Å². The SMILES string of the molecule is CC(C)c1ccc(OCC(=O)N(CCCn2ccnc2)c2nc3c(Cl)cccc3s2)cc1. The zero-order chi connectivity index (χ0) is 22.5. The molecule has 0 radical (unpaired) electrons. The lowest BCUT2D eigenvalue weighted by molar-refractivity contribution is -0.120. The van der Waals surface area contributed by atoms with Crippen LogP contribution in [-0.4, -0.2) is 33.6 Å². The summed E-state index contributed by atoms with van der Waals surface area (Å²) in [4.78, 5) is 23.6. The largest absolute Gasteiger partial charge is 0.484 e. The number of carbonyl (C=O) groups is 1. The van der Waals surface area contributed by atoms with Crippen LogP contribution in [0.2, 0.25) is 5.02 Å². The smallest absolute Gasteiger partial charge is 0.266 e. The number of aryl methyl sites for hydroxylation is 1. The molecule has 6 nitrogen and oxygen atoms in total. The van der Waals surface area contributed by atoms with Crippen LogP contribution in [0.5, 0.6) is 5.75 Å². The molecule has 0 N–H and O–H groups in total. The van der Waals surface area contributed by atoms with E-state index in [0.29, 0.717) is 33.9 Å². The summed E-state index contributed by atoms with van der Waals surface area (Å²) >= 11 is 7.77. The molecule has 0 saturated heterocycles. The molecule has 0 saturated carbocycles. The highest BCUT2D eigenvalue weighted by atomic mass is 35.5. The van der Waals surface area contributed by atoms with Gasteiger partial charge in [-0.15, -0.1) is 0 Å². The van der Waals surface area contributed by atoms with E-state index < -0.39 is 0 Å². The molecule has 4 rings (SSSR count). The van der Waals surface area contributed by atoms with Gasteiger partial charge in [0, 0.05) is 25.5 Å². The number of carbonyl (C=O) groups excluding carboxylic acids is 1. The molecule has 0 aliphatic heterocycles. The molecule has 2 aromatic carbocycles. The maximum atomic E-state index is 13.2. The average molecular weight is 469 g/mol. The van der Waals surface area contributed by atoms with Crippen LogP contribution < -0.4 is 9.64 Å². The summed E-state index contributed by atoms with van der Waals surface area (Å²) in [7, 11) is 0. The Balaban J connectivity index is 1.49. The molecule has 0 fully saturated rings. The lowest BCUT2D eigenvalue weighted by atomic mass is 10.0. The third-order valence-corrected chi connectivity index (χ3v) is 6.51. The van der Waals surface area contributed by atoms with Crippen LogP contribution in [0, 0.1) is 0 Å².